The van der Waals surface area contributed by atoms with E-state index in [0.29, 0.717) is 18.9 Å². The molecule has 0 unspecified atom stereocenters. The lowest BCUT2D eigenvalue weighted by atomic mass is 9.92. The number of carbonyl (C=O) groups excluding carboxylic acids is 2. The van der Waals surface area contributed by atoms with Crippen LogP contribution in [0, 0.1) is 11.8 Å². The molecule has 0 aliphatic carbocycles. The van der Waals surface area contributed by atoms with Gasteiger partial charge >= 0.3 is 0 Å². The fraction of sp³-hybridized carbons (Fsp3) is 0.667. The van der Waals surface area contributed by atoms with Gasteiger partial charge in [0.2, 0.25) is 11.0 Å². The zero-order valence-corrected chi connectivity index (χ0v) is 12.5. The van der Waals surface area contributed by atoms with Gasteiger partial charge in [-0.3, -0.25) is 14.5 Å². The monoisotopic (exact) mass is 317 g/mol. The maximum atomic E-state index is 12.1. The van der Waals surface area contributed by atoms with Crippen molar-refractivity contribution in [2.24, 2.45) is 11.8 Å². The van der Waals surface area contributed by atoms with E-state index >= 15 is 0 Å². The Morgan fingerprint density at radius 3 is 2.70 bits per heavy atom. The van der Waals surface area contributed by atoms with E-state index in [1.165, 1.54) is 16.7 Å². The van der Waals surface area contributed by atoms with Crippen LogP contribution in [0.4, 0.5) is 0 Å². The molecule has 2 saturated heterocycles. The molecule has 0 spiro atoms. The number of amides is 1. The number of hydrogen-bond donors (Lipinski definition) is 2. The summed E-state index contributed by atoms with van der Waals surface area (Å²) in [4.78, 5) is 26.1. The minimum Gasteiger partial charge on any atom is -0.392 e. The molecular formula is C12H15NO5S2. The molecule has 3 heterocycles. The third-order valence-corrected chi connectivity index (χ3v) is 5.44. The highest BCUT2D eigenvalue weighted by molar-refractivity contribution is 8.04. The molecular weight excluding hydrogens is 302 g/mol. The maximum absolute atomic E-state index is 12.1. The van der Waals surface area contributed by atoms with Crippen molar-refractivity contribution in [3.63, 3.8) is 0 Å². The number of hydrogen-bond acceptors (Lipinski definition) is 6. The summed E-state index contributed by atoms with van der Waals surface area (Å²) in [6, 6.07) is 0. The van der Waals surface area contributed by atoms with E-state index in [4.69, 9.17) is 9.47 Å². The van der Waals surface area contributed by atoms with Crippen molar-refractivity contribution < 1.29 is 24.2 Å². The van der Waals surface area contributed by atoms with Crippen LogP contribution in [-0.2, 0) is 19.1 Å². The van der Waals surface area contributed by atoms with Crippen molar-refractivity contribution in [3.05, 3.63) is 10.6 Å². The second-order valence-corrected chi connectivity index (χ2v) is 6.62. The van der Waals surface area contributed by atoms with Crippen molar-refractivity contribution in [2.75, 3.05) is 20.0 Å². The van der Waals surface area contributed by atoms with E-state index < -0.39 is 17.1 Å². The highest BCUT2D eigenvalue weighted by Gasteiger charge is 2.57. The summed E-state index contributed by atoms with van der Waals surface area (Å²) in [5.74, 6) is -0.749. The molecule has 3 aliphatic rings. The molecule has 3 atom stereocenters. The highest BCUT2D eigenvalue weighted by atomic mass is 32.2. The summed E-state index contributed by atoms with van der Waals surface area (Å²) in [6.45, 7) is 2.76. The van der Waals surface area contributed by atoms with Gasteiger partial charge < -0.3 is 14.6 Å². The maximum Gasteiger partial charge on any atom is 0.236 e. The molecule has 0 radical (unpaired) electrons. The standard InChI is InChI=1S/C12H15NO5S2/c1-5(14)7-10(15)13-8(12(16)19)9(20-11(7)13)6-2-17-4-18-3-6/h5-7,11,14H,2-4H2,1H3,(H,16,19)/t5-,7+,11-/m1/s1. The fourth-order valence-corrected chi connectivity index (χ4v) is 4.74. The Bertz CT molecular complexity index is 486. The van der Waals surface area contributed by atoms with Crippen LogP contribution in [-0.4, -0.2) is 52.5 Å². The molecule has 0 saturated carbocycles. The SMILES string of the molecule is C[C@@H](O)[C@H]1C(=O)N2C(C(=O)S)=C(C3COCOC3)S[C@H]12. The molecule has 20 heavy (non-hydrogen) atoms. The van der Waals surface area contributed by atoms with Crippen LogP contribution in [0.3, 0.4) is 0 Å². The van der Waals surface area contributed by atoms with Gasteiger partial charge in [-0.25, -0.2) is 0 Å². The summed E-state index contributed by atoms with van der Waals surface area (Å²) >= 11 is 5.32. The van der Waals surface area contributed by atoms with Gasteiger partial charge in [0.05, 0.1) is 25.2 Å². The summed E-state index contributed by atoms with van der Waals surface area (Å²) in [7, 11) is 0. The van der Waals surface area contributed by atoms with Crippen LogP contribution in [0.15, 0.2) is 10.6 Å². The van der Waals surface area contributed by atoms with E-state index in [0.717, 1.165) is 4.91 Å². The number of aliphatic hydroxyl groups is 1. The zero-order valence-electron chi connectivity index (χ0n) is 10.8. The molecule has 0 aromatic heterocycles. The molecule has 0 bridgehead atoms. The summed E-state index contributed by atoms with van der Waals surface area (Å²) < 4.78 is 10.5. The van der Waals surface area contributed by atoms with E-state index in [-0.39, 0.29) is 24.0 Å². The smallest absolute Gasteiger partial charge is 0.236 e. The van der Waals surface area contributed by atoms with Gasteiger partial charge in [0.1, 0.15) is 17.9 Å². The number of β-lactam (4-membered cyclic amide) rings is 1. The van der Waals surface area contributed by atoms with Gasteiger partial charge in [0.25, 0.3) is 0 Å². The molecule has 3 rings (SSSR count). The van der Waals surface area contributed by atoms with Crippen molar-refractivity contribution in [2.45, 2.75) is 18.4 Å². The predicted molar refractivity (Wildman–Crippen MR) is 74.7 cm³/mol. The van der Waals surface area contributed by atoms with Crippen LogP contribution >= 0.6 is 24.4 Å². The average Bonchev–Trinajstić information content (AvgIpc) is 2.74. The van der Waals surface area contributed by atoms with E-state index in [9.17, 15) is 14.7 Å². The van der Waals surface area contributed by atoms with Crippen LogP contribution in [0.25, 0.3) is 0 Å². The number of thioether (sulfide) groups is 1. The normalized spacial score (nSPS) is 32.1. The Hall–Kier alpha value is -0.540. The molecule has 3 aliphatic heterocycles. The quantitative estimate of drug-likeness (QED) is 0.571. The number of fused-ring (bicyclic) bond motifs is 1. The first-order valence-electron chi connectivity index (χ1n) is 6.33. The van der Waals surface area contributed by atoms with Gasteiger partial charge in [0.15, 0.2) is 0 Å². The second kappa shape index (κ2) is 5.34. The van der Waals surface area contributed by atoms with Crippen molar-refractivity contribution in [1.29, 1.82) is 0 Å². The number of thiol groups is 1. The van der Waals surface area contributed by atoms with Gasteiger partial charge in [-0.1, -0.05) is 12.6 Å². The largest absolute Gasteiger partial charge is 0.392 e. The first-order chi connectivity index (χ1) is 9.52. The Morgan fingerprint density at radius 2 is 2.15 bits per heavy atom. The van der Waals surface area contributed by atoms with Gasteiger partial charge in [-0.2, -0.15) is 0 Å². The Kier molecular flexibility index (Phi) is 3.85. The van der Waals surface area contributed by atoms with Gasteiger partial charge in [-0.15, -0.1) is 11.8 Å². The lowest BCUT2D eigenvalue weighted by Crippen LogP contribution is -2.60. The van der Waals surface area contributed by atoms with Crippen LogP contribution in [0.2, 0.25) is 0 Å². The first-order valence-corrected chi connectivity index (χ1v) is 7.65. The molecule has 1 amide bonds. The Balaban J connectivity index is 1.89. The number of ether oxygens (including phenoxy) is 2. The Labute approximate surface area is 125 Å². The van der Waals surface area contributed by atoms with E-state index in [1.54, 1.807) is 6.92 Å². The number of rotatable bonds is 3. The van der Waals surface area contributed by atoms with Crippen molar-refractivity contribution in [1.82, 2.24) is 4.90 Å². The second-order valence-electron chi connectivity index (χ2n) is 5.06. The zero-order chi connectivity index (χ0) is 14.4. The minimum absolute atomic E-state index is 0.0621. The molecule has 0 aromatic carbocycles. The number of carbonyl (C=O) groups is 2. The average molecular weight is 317 g/mol. The number of aliphatic hydroxyl groups excluding tert-OH is 1. The van der Waals surface area contributed by atoms with E-state index in [2.05, 4.69) is 12.6 Å². The number of nitrogens with zero attached hydrogens (tertiary/aromatic N) is 1. The molecule has 8 heteroatoms. The Morgan fingerprint density at radius 1 is 1.50 bits per heavy atom. The predicted octanol–water partition coefficient (Wildman–Crippen LogP) is 0.187. The molecule has 110 valence electrons. The minimum atomic E-state index is -0.731. The van der Waals surface area contributed by atoms with Gasteiger partial charge in [-0.05, 0) is 6.92 Å². The fourth-order valence-electron chi connectivity index (χ4n) is 2.74. The lowest BCUT2D eigenvalue weighted by molar-refractivity contribution is -0.153. The first kappa shape index (κ1) is 14.4. The summed E-state index contributed by atoms with van der Waals surface area (Å²) in [5.41, 5.74) is 0.323. The molecule has 0 aromatic rings. The summed E-state index contributed by atoms with van der Waals surface area (Å²) in [6.07, 6.45) is -0.731. The molecule has 6 nitrogen and oxygen atoms in total. The third-order valence-electron chi connectivity index (χ3n) is 3.70. The lowest BCUT2D eigenvalue weighted by Gasteiger charge is -2.43. The van der Waals surface area contributed by atoms with Crippen LogP contribution < -0.4 is 0 Å². The van der Waals surface area contributed by atoms with Crippen LogP contribution in [0.5, 0.6) is 0 Å². The van der Waals surface area contributed by atoms with Gasteiger partial charge in [0, 0.05) is 10.8 Å². The molecule has 1 N–H and O–H groups in total. The third kappa shape index (κ3) is 2.10. The highest BCUT2D eigenvalue weighted by Crippen LogP contribution is 2.53. The summed E-state index contributed by atoms with van der Waals surface area (Å²) in [5, 5.41) is 9.03. The van der Waals surface area contributed by atoms with Crippen LogP contribution in [0.1, 0.15) is 6.92 Å². The van der Waals surface area contributed by atoms with Crippen molar-refractivity contribution >= 4 is 35.4 Å². The topological polar surface area (TPSA) is 76.1 Å². The van der Waals surface area contributed by atoms with Crippen molar-refractivity contribution in [3.8, 4) is 0 Å². The molecule has 2 fully saturated rings. The van der Waals surface area contributed by atoms with E-state index in [1.807, 2.05) is 0 Å².